The van der Waals surface area contributed by atoms with E-state index in [1.54, 1.807) is 0 Å². The lowest BCUT2D eigenvalue weighted by Gasteiger charge is -2.31. The van der Waals surface area contributed by atoms with Crippen molar-refractivity contribution < 1.29 is 4.79 Å². The van der Waals surface area contributed by atoms with Crippen molar-refractivity contribution in [2.24, 2.45) is 5.92 Å². The minimum Gasteiger partial charge on any atom is -0.355 e. The van der Waals surface area contributed by atoms with Crippen LogP contribution in [-0.4, -0.2) is 43.5 Å². The Morgan fingerprint density at radius 2 is 1.75 bits per heavy atom. The first-order valence-electron chi connectivity index (χ1n) is 8.54. The quantitative estimate of drug-likeness (QED) is 0.686. The summed E-state index contributed by atoms with van der Waals surface area (Å²) >= 11 is 0. The van der Waals surface area contributed by atoms with Crippen LogP contribution in [-0.2, 0) is 11.3 Å². The molecule has 0 aliphatic carbocycles. The van der Waals surface area contributed by atoms with Gasteiger partial charge in [-0.2, -0.15) is 0 Å². The highest BCUT2D eigenvalue weighted by molar-refractivity contribution is 5.85. The molecule has 0 saturated carbocycles. The molecule has 1 saturated heterocycles. The molecule has 1 aromatic carbocycles. The number of nitrogens with one attached hydrogen (secondary N) is 2. The molecule has 1 aliphatic rings. The fraction of sp³-hybridized carbons (Fsp3) is 0.611. The van der Waals surface area contributed by atoms with Gasteiger partial charge in [0, 0.05) is 25.6 Å². The number of carbonyl (C=O) groups excluding carboxylic acids is 1. The van der Waals surface area contributed by atoms with E-state index in [0.717, 1.165) is 58.5 Å². The Balaban J connectivity index is 0.00000264. The minimum atomic E-state index is 0. The molecule has 2 rings (SSSR count). The number of likely N-dealkylation sites (tertiary alicyclic amines) is 1. The first-order valence-corrected chi connectivity index (χ1v) is 8.54. The highest BCUT2D eigenvalue weighted by Gasteiger charge is 2.24. The maximum atomic E-state index is 12.1. The summed E-state index contributed by atoms with van der Waals surface area (Å²) in [4.78, 5) is 14.6. The van der Waals surface area contributed by atoms with Gasteiger partial charge >= 0.3 is 0 Å². The lowest BCUT2D eigenvalue weighted by atomic mass is 9.95. The molecule has 0 atom stereocenters. The molecular formula is C18H31Cl2N3O. The van der Waals surface area contributed by atoms with E-state index in [0.29, 0.717) is 0 Å². The molecule has 4 nitrogen and oxygen atoms in total. The average Bonchev–Trinajstić information content (AvgIpc) is 2.56. The van der Waals surface area contributed by atoms with Crippen LogP contribution in [0.15, 0.2) is 30.3 Å². The van der Waals surface area contributed by atoms with Crippen LogP contribution < -0.4 is 10.6 Å². The lowest BCUT2D eigenvalue weighted by molar-refractivity contribution is -0.126. The number of carbonyl (C=O) groups is 1. The molecule has 0 bridgehead atoms. The Morgan fingerprint density at radius 1 is 1.08 bits per heavy atom. The van der Waals surface area contributed by atoms with Crippen LogP contribution in [0.3, 0.4) is 0 Å². The van der Waals surface area contributed by atoms with Crippen LogP contribution in [0.5, 0.6) is 0 Å². The topological polar surface area (TPSA) is 44.4 Å². The van der Waals surface area contributed by atoms with Crippen molar-refractivity contribution >= 4 is 30.7 Å². The van der Waals surface area contributed by atoms with Gasteiger partial charge in [0.05, 0.1) is 0 Å². The largest absolute Gasteiger partial charge is 0.355 e. The standard InChI is InChI=1S/C18H29N3O.2ClH/c1-2-10-19-11-12-20-18(22)17-8-13-21(14-9-17)15-16-6-4-3-5-7-16;;/h3-7,17,19H,2,8-15H2,1H3,(H,20,22);2*1H. The Bertz CT molecular complexity index is 437. The van der Waals surface area contributed by atoms with Crippen molar-refractivity contribution in [2.45, 2.75) is 32.7 Å². The predicted octanol–water partition coefficient (Wildman–Crippen LogP) is 2.86. The smallest absolute Gasteiger partial charge is 0.223 e. The zero-order valence-corrected chi connectivity index (χ0v) is 16.1. The molecular weight excluding hydrogens is 345 g/mol. The maximum absolute atomic E-state index is 12.1. The highest BCUT2D eigenvalue weighted by atomic mass is 35.5. The van der Waals surface area contributed by atoms with Crippen molar-refractivity contribution in [2.75, 3.05) is 32.7 Å². The number of halogens is 2. The molecule has 24 heavy (non-hydrogen) atoms. The van der Waals surface area contributed by atoms with Crippen LogP contribution in [0.2, 0.25) is 0 Å². The van der Waals surface area contributed by atoms with E-state index in [4.69, 9.17) is 0 Å². The minimum absolute atomic E-state index is 0. The number of nitrogens with zero attached hydrogens (tertiary/aromatic N) is 1. The normalized spacial score (nSPS) is 15.2. The number of benzene rings is 1. The average molecular weight is 376 g/mol. The molecule has 1 amide bonds. The van der Waals surface area contributed by atoms with E-state index >= 15 is 0 Å². The molecule has 138 valence electrons. The van der Waals surface area contributed by atoms with Crippen molar-refractivity contribution in [1.82, 2.24) is 15.5 Å². The Hall–Kier alpha value is -0.810. The summed E-state index contributed by atoms with van der Waals surface area (Å²) in [5.41, 5.74) is 1.35. The van der Waals surface area contributed by atoms with Crippen molar-refractivity contribution in [1.29, 1.82) is 0 Å². The van der Waals surface area contributed by atoms with Gasteiger partial charge in [-0.15, -0.1) is 24.8 Å². The summed E-state index contributed by atoms with van der Waals surface area (Å²) in [6.07, 6.45) is 3.08. The summed E-state index contributed by atoms with van der Waals surface area (Å²) in [6, 6.07) is 10.6. The molecule has 0 aromatic heterocycles. The first-order chi connectivity index (χ1) is 10.8. The molecule has 1 heterocycles. The van der Waals surface area contributed by atoms with Crippen molar-refractivity contribution in [3.63, 3.8) is 0 Å². The van der Waals surface area contributed by atoms with Gasteiger partial charge in [-0.3, -0.25) is 9.69 Å². The third-order valence-electron chi connectivity index (χ3n) is 4.24. The van der Waals surface area contributed by atoms with Crippen LogP contribution in [0.4, 0.5) is 0 Å². The van der Waals surface area contributed by atoms with Crippen LogP contribution in [0.25, 0.3) is 0 Å². The Morgan fingerprint density at radius 3 is 2.38 bits per heavy atom. The van der Waals surface area contributed by atoms with Gasteiger partial charge < -0.3 is 10.6 Å². The number of hydrogen-bond donors (Lipinski definition) is 2. The van der Waals surface area contributed by atoms with Crippen molar-refractivity contribution in [3.05, 3.63) is 35.9 Å². The molecule has 0 spiro atoms. The summed E-state index contributed by atoms with van der Waals surface area (Å²) < 4.78 is 0. The van der Waals surface area contributed by atoms with E-state index in [1.165, 1.54) is 5.56 Å². The molecule has 1 fully saturated rings. The fourth-order valence-electron chi connectivity index (χ4n) is 2.92. The summed E-state index contributed by atoms with van der Waals surface area (Å²) in [5, 5.41) is 6.36. The second kappa shape index (κ2) is 13.5. The van der Waals surface area contributed by atoms with Gasteiger partial charge in [-0.1, -0.05) is 37.3 Å². The Kier molecular flexibility index (Phi) is 13.0. The van der Waals surface area contributed by atoms with Gasteiger partial charge in [-0.05, 0) is 44.5 Å². The maximum Gasteiger partial charge on any atom is 0.223 e. The molecule has 0 radical (unpaired) electrons. The molecule has 0 unspecified atom stereocenters. The van der Waals surface area contributed by atoms with E-state index in [2.05, 4.69) is 52.8 Å². The predicted molar refractivity (Wildman–Crippen MR) is 105 cm³/mol. The monoisotopic (exact) mass is 375 g/mol. The van der Waals surface area contributed by atoms with E-state index < -0.39 is 0 Å². The first kappa shape index (κ1) is 23.2. The SMILES string of the molecule is CCCNCCNC(=O)C1CCN(Cc2ccccc2)CC1.Cl.Cl. The summed E-state index contributed by atoms with van der Waals surface area (Å²) in [5.74, 6) is 0.427. The molecule has 1 aromatic rings. The lowest BCUT2D eigenvalue weighted by Crippen LogP contribution is -2.41. The van der Waals surface area contributed by atoms with Crippen LogP contribution in [0.1, 0.15) is 31.7 Å². The van der Waals surface area contributed by atoms with E-state index in [1.807, 2.05) is 0 Å². The fourth-order valence-corrected chi connectivity index (χ4v) is 2.92. The number of amides is 1. The zero-order chi connectivity index (χ0) is 15.6. The zero-order valence-electron chi connectivity index (χ0n) is 14.5. The number of hydrogen-bond acceptors (Lipinski definition) is 3. The van der Waals surface area contributed by atoms with E-state index in [9.17, 15) is 4.79 Å². The van der Waals surface area contributed by atoms with Crippen LogP contribution in [0, 0.1) is 5.92 Å². The third-order valence-corrected chi connectivity index (χ3v) is 4.24. The summed E-state index contributed by atoms with van der Waals surface area (Å²) in [6.45, 7) is 7.80. The molecule has 2 N–H and O–H groups in total. The van der Waals surface area contributed by atoms with Gasteiger partial charge in [-0.25, -0.2) is 0 Å². The van der Waals surface area contributed by atoms with E-state index in [-0.39, 0.29) is 36.6 Å². The third kappa shape index (κ3) is 8.34. The number of rotatable bonds is 8. The highest BCUT2D eigenvalue weighted by Crippen LogP contribution is 2.19. The van der Waals surface area contributed by atoms with Gasteiger partial charge in [0.15, 0.2) is 0 Å². The number of piperidine rings is 1. The molecule has 1 aliphatic heterocycles. The summed E-state index contributed by atoms with van der Waals surface area (Å²) in [7, 11) is 0. The van der Waals surface area contributed by atoms with Crippen molar-refractivity contribution in [3.8, 4) is 0 Å². The second-order valence-corrected chi connectivity index (χ2v) is 6.08. The molecule has 6 heteroatoms. The Labute approximate surface area is 158 Å². The van der Waals surface area contributed by atoms with Gasteiger partial charge in [0.2, 0.25) is 5.91 Å². The second-order valence-electron chi connectivity index (χ2n) is 6.08. The van der Waals surface area contributed by atoms with Gasteiger partial charge in [0.25, 0.3) is 0 Å². The van der Waals surface area contributed by atoms with Crippen LogP contribution >= 0.6 is 24.8 Å². The van der Waals surface area contributed by atoms with Gasteiger partial charge in [0.1, 0.15) is 0 Å².